The summed E-state index contributed by atoms with van der Waals surface area (Å²) >= 11 is 0. The quantitative estimate of drug-likeness (QED) is 0.0486. The summed E-state index contributed by atoms with van der Waals surface area (Å²) in [5, 5.41) is 48.8. The summed E-state index contributed by atoms with van der Waals surface area (Å²) < 4.78 is 10.9. The highest BCUT2D eigenvalue weighted by Gasteiger charge is 2.49. The van der Waals surface area contributed by atoms with E-state index in [4.69, 9.17) is 38.1 Å². The fraction of sp³-hybridized carbons (Fsp3) is 0.781. The molecule has 0 aliphatic carbocycles. The number of nitrogens with zero attached hydrogens (tertiary/aromatic N) is 1. The van der Waals surface area contributed by atoms with Gasteiger partial charge < -0.3 is 85.4 Å². The molecule has 0 aromatic carbocycles. The molecule has 2 saturated heterocycles. The number of amides is 4. The van der Waals surface area contributed by atoms with Crippen LogP contribution >= 0.6 is 0 Å². The van der Waals surface area contributed by atoms with Crippen LogP contribution in [0.15, 0.2) is 17.3 Å². The highest BCUT2D eigenvalue weighted by molar-refractivity contribution is 5.83. The SMILES string of the molecule is C=C1NC[C@@H](O)C2NC(N[C@@H]3O[C@H](CO)[C@H](OC(N)=O)[C@@H](O)[C@H]3NC(=O)C[C@@H](N)CCCNC(=O)C[C@@H](N)CCCNC(=O)C[C@@H](N)CCCN)=NC12. The Bertz CT molecular complexity index is 1260. The van der Waals surface area contributed by atoms with Crippen molar-refractivity contribution in [3.05, 3.63) is 12.3 Å². The van der Waals surface area contributed by atoms with Crippen molar-refractivity contribution in [1.29, 1.82) is 0 Å². The molecular formula is C32H60N12O9. The van der Waals surface area contributed by atoms with E-state index in [0.29, 0.717) is 57.4 Å². The number of aliphatic hydroxyl groups excluding tert-OH is 3. The number of piperidine rings is 1. The van der Waals surface area contributed by atoms with Crippen molar-refractivity contribution in [3.8, 4) is 0 Å². The van der Waals surface area contributed by atoms with Gasteiger partial charge in [0.25, 0.3) is 0 Å². The number of rotatable bonds is 21. The highest BCUT2D eigenvalue weighted by Crippen LogP contribution is 2.25. The lowest BCUT2D eigenvalue weighted by atomic mass is 9.95. The second-order valence-corrected chi connectivity index (χ2v) is 13.8. The molecule has 21 heteroatoms. The molecule has 302 valence electrons. The van der Waals surface area contributed by atoms with E-state index >= 15 is 0 Å². The summed E-state index contributed by atoms with van der Waals surface area (Å²) in [5.74, 6) is -0.728. The largest absolute Gasteiger partial charge is 0.441 e. The van der Waals surface area contributed by atoms with Crippen molar-refractivity contribution in [2.45, 2.75) is 125 Å². The minimum absolute atomic E-state index is 0.112. The van der Waals surface area contributed by atoms with Crippen LogP contribution in [0.2, 0.25) is 0 Å². The first-order valence-corrected chi connectivity index (χ1v) is 18.1. The maximum Gasteiger partial charge on any atom is 0.404 e. The van der Waals surface area contributed by atoms with Crippen LogP contribution in [0.4, 0.5) is 4.79 Å². The van der Waals surface area contributed by atoms with Gasteiger partial charge in [-0.1, -0.05) is 6.58 Å². The summed E-state index contributed by atoms with van der Waals surface area (Å²) in [6.45, 7) is 4.82. The summed E-state index contributed by atoms with van der Waals surface area (Å²) in [6, 6.07) is -3.44. The predicted molar refractivity (Wildman–Crippen MR) is 193 cm³/mol. The second kappa shape index (κ2) is 21.8. The lowest BCUT2D eigenvalue weighted by Gasteiger charge is -2.44. The molecule has 0 aromatic rings. The summed E-state index contributed by atoms with van der Waals surface area (Å²) in [4.78, 5) is 53.5. The van der Waals surface area contributed by atoms with E-state index in [-0.39, 0.29) is 55.7 Å². The molecular weight excluding hydrogens is 696 g/mol. The van der Waals surface area contributed by atoms with Gasteiger partial charge in [0.2, 0.25) is 17.7 Å². The average Bonchev–Trinajstić information content (AvgIpc) is 3.53. The van der Waals surface area contributed by atoms with Crippen LogP contribution in [0.25, 0.3) is 0 Å². The second-order valence-electron chi connectivity index (χ2n) is 13.8. The number of nitrogens with two attached hydrogens (primary N) is 5. The lowest BCUT2D eigenvalue weighted by molar-refractivity contribution is -0.198. The van der Waals surface area contributed by atoms with Gasteiger partial charge in [-0.3, -0.25) is 14.4 Å². The monoisotopic (exact) mass is 756 g/mol. The Morgan fingerprint density at radius 2 is 1.51 bits per heavy atom. The van der Waals surface area contributed by atoms with E-state index in [2.05, 4.69) is 43.5 Å². The van der Waals surface area contributed by atoms with Gasteiger partial charge in [-0.05, 0) is 45.1 Å². The topological polar surface area (TPSA) is 362 Å². The first-order valence-electron chi connectivity index (χ1n) is 18.1. The van der Waals surface area contributed by atoms with Crippen molar-refractivity contribution < 1.29 is 44.0 Å². The highest BCUT2D eigenvalue weighted by atomic mass is 16.6. The predicted octanol–water partition coefficient (Wildman–Crippen LogP) is -5.54. The third kappa shape index (κ3) is 14.2. The molecule has 53 heavy (non-hydrogen) atoms. The van der Waals surface area contributed by atoms with E-state index < -0.39 is 73.4 Å². The molecule has 21 nitrogen and oxygen atoms in total. The van der Waals surface area contributed by atoms with Crippen LogP contribution in [-0.2, 0) is 23.9 Å². The molecule has 0 bridgehead atoms. The number of hydrogen-bond acceptors (Lipinski definition) is 17. The zero-order chi connectivity index (χ0) is 39.1. The van der Waals surface area contributed by atoms with Crippen molar-refractivity contribution in [2.24, 2.45) is 33.7 Å². The smallest absolute Gasteiger partial charge is 0.404 e. The number of β-amino-alcohol motifs (C(OH)–C–C–N with tert-alkyl or cyclic N) is 1. The fourth-order valence-electron chi connectivity index (χ4n) is 6.41. The molecule has 19 N–H and O–H groups in total. The van der Waals surface area contributed by atoms with Crippen LogP contribution < -0.4 is 60.6 Å². The van der Waals surface area contributed by atoms with E-state index in [1.54, 1.807) is 0 Å². The number of hydrogen-bond donors (Lipinski definition) is 14. The zero-order valence-electron chi connectivity index (χ0n) is 30.1. The maximum atomic E-state index is 13.1. The third-order valence-corrected chi connectivity index (χ3v) is 9.25. The normalized spacial score (nSPS) is 28.2. The van der Waals surface area contributed by atoms with Gasteiger partial charge in [0.1, 0.15) is 24.3 Å². The van der Waals surface area contributed by atoms with E-state index in [0.717, 1.165) is 6.42 Å². The molecule has 11 atom stereocenters. The Balaban J connectivity index is 1.42. The maximum absolute atomic E-state index is 13.1. The Hall–Kier alpha value is -3.83. The number of primary amides is 1. The number of carbonyl (C=O) groups excluding carboxylic acids is 4. The fourth-order valence-corrected chi connectivity index (χ4v) is 6.41. The molecule has 0 saturated carbocycles. The first kappa shape index (κ1) is 43.6. The van der Waals surface area contributed by atoms with E-state index in [1.807, 2.05) is 0 Å². The summed E-state index contributed by atoms with van der Waals surface area (Å²) in [7, 11) is 0. The number of fused-ring (bicyclic) bond motifs is 1. The van der Waals surface area contributed by atoms with Crippen LogP contribution in [-0.4, -0.2) is 145 Å². The molecule has 0 spiro atoms. The van der Waals surface area contributed by atoms with Crippen molar-refractivity contribution in [2.75, 3.05) is 32.8 Å². The number of guanidine groups is 1. The number of ether oxygens (including phenoxy) is 2. The Morgan fingerprint density at radius 3 is 2.04 bits per heavy atom. The number of nitrogens with one attached hydrogen (secondary N) is 6. The molecule has 3 rings (SSSR count). The number of carbonyl (C=O) groups is 4. The lowest BCUT2D eigenvalue weighted by Crippen LogP contribution is -2.69. The van der Waals surface area contributed by atoms with Gasteiger partial charge in [0.05, 0.1) is 18.8 Å². The van der Waals surface area contributed by atoms with Crippen molar-refractivity contribution in [1.82, 2.24) is 31.9 Å². The molecule has 2 unspecified atom stereocenters. The number of aliphatic imine (C=N–C) groups is 1. The first-order chi connectivity index (χ1) is 25.2. The van der Waals surface area contributed by atoms with Crippen LogP contribution in [0.1, 0.15) is 57.8 Å². The van der Waals surface area contributed by atoms with E-state index in [1.165, 1.54) is 0 Å². The van der Waals surface area contributed by atoms with Gasteiger partial charge >= 0.3 is 6.09 Å². The van der Waals surface area contributed by atoms with Gasteiger partial charge in [-0.2, -0.15) is 0 Å². The van der Waals surface area contributed by atoms with Gasteiger partial charge in [0.15, 0.2) is 18.3 Å². The zero-order valence-corrected chi connectivity index (χ0v) is 30.1. The molecule has 0 aromatic heterocycles. The Morgan fingerprint density at radius 1 is 0.943 bits per heavy atom. The standard InChI is InChI=1S/C32H60N12O9/c1-16-25-26(20(46)14-40-16)43-32(42-25)44-30-27(28(50)29(53-31(37)51)21(15-45)52-30)41-24(49)13-19(36)7-4-10-39-23(48)12-18(35)6-3-9-38-22(47)11-17(34)5-2-8-33/h17-21,25-30,40,45-46,50H,1-15,33-36H2,(H2,37,51)(H,38,47)(H,39,48)(H,41,49)(H2,42,43,44)/t17-,18-,19-,20+,21+,25?,26?,27+,28-,29-,30+/m0/s1. The van der Waals surface area contributed by atoms with Crippen LogP contribution in [0, 0.1) is 0 Å². The minimum atomic E-state index is -1.58. The Kier molecular flexibility index (Phi) is 17.9. The summed E-state index contributed by atoms with van der Waals surface area (Å²) in [6.07, 6.45) is -3.74. The minimum Gasteiger partial charge on any atom is -0.441 e. The van der Waals surface area contributed by atoms with Crippen LogP contribution in [0.3, 0.4) is 0 Å². The van der Waals surface area contributed by atoms with Crippen LogP contribution in [0.5, 0.6) is 0 Å². The molecule has 3 heterocycles. The molecule has 4 amide bonds. The van der Waals surface area contributed by atoms with Crippen molar-refractivity contribution >= 4 is 29.8 Å². The average molecular weight is 757 g/mol. The molecule has 3 aliphatic rings. The molecule has 3 aliphatic heterocycles. The number of aliphatic hydroxyl groups is 3. The Labute approximate surface area is 308 Å². The van der Waals surface area contributed by atoms with E-state index in [9.17, 15) is 34.5 Å². The van der Waals surface area contributed by atoms with Gasteiger partial charge in [-0.25, -0.2) is 9.79 Å². The molecule has 0 radical (unpaired) electrons. The van der Waals surface area contributed by atoms with Gasteiger partial charge in [0, 0.05) is 62.7 Å². The summed E-state index contributed by atoms with van der Waals surface area (Å²) in [5.41, 5.74) is 29.5. The van der Waals surface area contributed by atoms with Crippen molar-refractivity contribution in [3.63, 3.8) is 0 Å². The molecule has 2 fully saturated rings. The van der Waals surface area contributed by atoms with Gasteiger partial charge in [-0.15, -0.1) is 0 Å². The third-order valence-electron chi connectivity index (χ3n) is 9.25.